The highest BCUT2D eigenvalue weighted by atomic mass is 19.1. The molecule has 0 amide bonds. The summed E-state index contributed by atoms with van der Waals surface area (Å²) in [7, 11) is 0. The molecule has 1 saturated carbocycles. The van der Waals surface area contributed by atoms with Gasteiger partial charge in [0, 0.05) is 6.42 Å². The van der Waals surface area contributed by atoms with E-state index >= 15 is 0 Å². The molecule has 2 rings (SSSR count). The molecule has 1 aliphatic rings. The Balaban J connectivity index is 2.14. The zero-order valence-electron chi connectivity index (χ0n) is 9.96. The average Bonchev–Trinajstić information content (AvgIpc) is 2.45. The van der Waals surface area contributed by atoms with E-state index in [4.69, 9.17) is 0 Å². The van der Waals surface area contributed by atoms with Gasteiger partial charge in [-0.2, -0.15) is 0 Å². The molecule has 0 bridgehead atoms. The van der Waals surface area contributed by atoms with Crippen LogP contribution in [-0.2, 0) is 6.42 Å². The molecule has 88 valence electrons. The maximum absolute atomic E-state index is 13.5. The van der Waals surface area contributed by atoms with Gasteiger partial charge in [0.2, 0.25) is 0 Å². The normalized spacial score (nSPS) is 28.2. The van der Waals surface area contributed by atoms with E-state index < -0.39 is 5.60 Å². The van der Waals surface area contributed by atoms with Gasteiger partial charge in [-0.05, 0) is 36.3 Å². The van der Waals surface area contributed by atoms with Crippen molar-refractivity contribution in [2.45, 2.75) is 45.1 Å². The lowest BCUT2D eigenvalue weighted by Crippen LogP contribution is -2.29. The Labute approximate surface area is 96.3 Å². The first kappa shape index (κ1) is 11.6. The van der Waals surface area contributed by atoms with Crippen molar-refractivity contribution in [3.63, 3.8) is 0 Å². The maximum Gasteiger partial charge on any atom is 0.126 e. The van der Waals surface area contributed by atoms with Gasteiger partial charge < -0.3 is 5.11 Å². The number of hydrogen-bond donors (Lipinski definition) is 1. The highest BCUT2D eigenvalue weighted by Crippen LogP contribution is 2.45. The van der Waals surface area contributed by atoms with Gasteiger partial charge >= 0.3 is 0 Å². The predicted molar refractivity (Wildman–Crippen MR) is 62.7 cm³/mol. The number of hydrogen-bond acceptors (Lipinski definition) is 1. The van der Waals surface area contributed by atoms with Crippen molar-refractivity contribution in [2.75, 3.05) is 0 Å². The maximum atomic E-state index is 13.5. The van der Waals surface area contributed by atoms with E-state index in [2.05, 4.69) is 13.8 Å². The highest BCUT2D eigenvalue weighted by molar-refractivity contribution is 5.20. The number of aliphatic hydroxyl groups is 1. The zero-order chi connectivity index (χ0) is 11.8. The predicted octanol–water partition coefficient (Wildman–Crippen LogP) is 3.31. The van der Waals surface area contributed by atoms with Crippen LogP contribution in [0.25, 0.3) is 0 Å². The van der Waals surface area contributed by atoms with Crippen LogP contribution < -0.4 is 0 Å². The first-order valence-electron chi connectivity index (χ1n) is 5.86. The molecule has 0 spiro atoms. The average molecular weight is 222 g/mol. The summed E-state index contributed by atoms with van der Waals surface area (Å²) >= 11 is 0. The van der Waals surface area contributed by atoms with Gasteiger partial charge in [0.25, 0.3) is 0 Å². The Kier molecular flexibility index (Phi) is 2.79. The lowest BCUT2D eigenvalue weighted by atomic mass is 9.86. The van der Waals surface area contributed by atoms with Crippen LogP contribution >= 0.6 is 0 Å². The molecule has 16 heavy (non-hydrogen) atoms. The van der Waals surface area contributed by atoms with E-state index in [0.29, 0.717) is 12.0 Å². The second-order valence-electron chi connectivity index (χ2n) is 5.83. The van der Waals surface area contributed by atoms with Crippen molar-refractivity contribution >= 4 is 0 Å². The van der Waals surface area contributed by atoms with Gasteiger partial charge in [-0.25, -0.2) is 4.39 Å². The van der Waals surface area contributed by atoms with Crippen LogP contribution in [0, 0.1) is 11.2 Å². The second-order valence-corrected chi connectivity index (χ2v) is 5.83. The van der Waals surface area contributed by atoms with Crippen LogP contribution in [-0.4, -0.2) is 10.7 Å². The molecule has 1 aliphatic carbocycles. The fourth-order valence-corrected chi connectivity index (χ4v) is 2.79. The third-order valence-electron chi connectivity index (χ3n) is 3.55. The van der Waals surface area contributed by atoms with Gasteiger partial charge in [-0.15, -0.1) is 0 Å². The molecule has 0 radical (unpaired) electrons. The van der Waals surface area contributed by atoms with Gasteiger partial charge in [0.05, 0.1) is 5.60 Å². The van der Waals surface area contributed by atoms with Crippen LogP contribution in [0.2, 0.25) is 0 Å². The first-order valence-corrected chi connectivity index (χ1v) is 5.86. The lowest BCUT2D eigenvalue weighted by molar-refractivity contribution is 0.0371. The molecule has 1 fully saturated rings. The summed E-state index contributed by atoms with van der Waals surface area (Å²) in [4.78, 5) is 0. The highest BCUT2D eigenvalue weighted by Gasteiger charge is 2.41. The van der Waals surface area contributed by atoms with Crippen molar-refractivity contribution in [1.29, 1.82) is 0 Å². The molecule has 1 aromatic carbocycles. The summed E-state index contributed by atoms with van der Waals surface area (Å²) in [5, 5.41) is 10.4. The first-order chi connectivity index (χ1) is 7.40. The quantitative estimate of drug-likeness (QED) is 0.814. The summed E-state index contributed by atoms with van der Waals surface area (Å²) in [6.07, 6.45) is 2.98. The minimum absolute atomic E-state index is 0.181. The number of halogens is 1. The van der Waals surface area contributed by atoms with Crippen molar-refractivity contribution in [3.05, 3.63) is 35.6 Å². The minimum atomic E-state index is -0.717. The SMILES string of the molecule is CC1(C)CCC(O)(Cc2ccccc2F)C1. The van der Waals surface area contributed by atoms with E-state index in [1.54, 1.807) is 12.1 Å². The van der Waals surface area contributed by atoms with E-state index in [1.807, 2.05) is 6.07 Å². The molecule has 1 aromatic rings. The van der Waals surface area contributed by atoms with Crippen LogP contribution in [0.1, 0.15) is 38.7 Å². The summed E-state index contributed by atoms with van der Waals surface area (Å²) in [5.41, 5.74) is 0.0915. The molecule has 0 saturated heterocycles. The summed E-state index contributed by atoms with van der Waals surface area (Å²) in [6, 6.07) is 6.72. The Morgan fingerprint density at radius 3 is 2.50 bits per heavy atom. The summed E-state index contributed by atoms with van der Waals surface area (Å²) in [6.45, 7) is 4.32. The minimum Gasteiger partial charge on any atom is -0.390 e. The smallest absolute Gasteiger partial charge is 0.126 e. The molecule has 1 N–H and O–H groups in total. The van der Waals surface area contributed by atoms with Crippen molar-refractivity contribution < 1.29 is 9.50 Å². The van der Waals surface area contributed by atoms with Crippen LogP contribution in [0.3, 0.4) is 0 Å². The van der Waals surface area contributed by atoms with E-state index in [0.717, 1.165) is 19.3 Å². The van der Waals surface area contributed by atoms with Gasteiger partial charge in [0.15, 0.2) is 0 Å². The standard InChI is InChI=1S/C14H19FO/c1-13(2)7-8-14(16,10-13)9-11-5-3-4-6-12(11)15/h3-6,16H,7-10H2,1-2H3. The molecular formula is C14H19FO. The van der Waals surface area contributed by atoms with Crippen LogP contribution in [0.15, 0.2) is 24.3 Å². The molecular weight excluding hydrogens is 203 g/mol. The molecule has 0 heterocycles. The second kappa shape index (κ2) is 3.85. The largest absolute Gasteiger partial charge is 0.390 e. The molecule has 0 aliphatic heterocycles. The monoisotopic (exact) mass is 222 g/mol. The van der Waals surface area contributed by atoms with Crippen molar-refractivity contribution in [3.8, 4) is 0 Å². The third kappa shape index (κ3) is 2.43. The Morgan fingerprint density at radius 1 is 1.25 bits per heavy atom. The van der Waals surface area contributed by atoms with E-state index in [9.17, 15) is 9.50 Å². The van der Waals surface area contributed by atoms with Gasteiger partial charge in [-0.3, -0.25) is 0 Å². The molecule has 1 nitrogen and oxygen atoms in total. The van der Waals surface area contributed by atoms with Crippen molar-refractivity contribution in [2.24, 2.45) is 5.41 Å². The Bertz CT molecular complexity index is 386. The third-order valence-corrected chi connectivity index (χ3v) is 3.55. The van der Waals surface area contributed by atoms with E-state index in [-0.39, 0.29) is 11.2 Å². The Morgan fingerprint density at radius 2 is 1.94 bits per heavy atom. The lowest BCUT2D eigenvalue weighted by Gasteiger charge is -2.25. The molecule has 0 aromatic heterocycles. The fraction of sp³-hybridized carbons (Fsp3) is 0.571. The Hall–Kier alpha value is -0.890. The zero-order valence-corrected chi connectivity index (χ0v) is 9.96. The summed E-state index contributed by atoms with van der Waals surface area (Å²) < 4.78 is 13.5. The van der Waals surface area contributed by atoms with Crippen LogP contribution in [0.5, 0.6) is 0 Å². The molecule has 1 atom stereocenters. The fourth-order valence-electron chi connectivity index (χ4n) is 2.79. The topological polar surface area (TPSA) is 20.2 Å². The van der Waals surface area contributed by atoms with E-state index in [1.165, 1.54) is 6.07 Å². The van der Waals surface area contributed by atoms with Crippen molar-refractivity contribution in [1.82, 2.24) is 0 Å². The van der Waals surface area contributed by atoms with Gasteiger partial charge in [-0.1, -0.05) is 32.0 Å². The van der Waals surface area contributed by atoms with Gasteiger partial charge in [0.1, 0.15) is 5.82 Å². The molecule has 2 heteroatoms. The summed E-state index contributed by atoms with van der Waals surface area (Å²) in [5.74, 6) is -0.208. The number of benzene rings is 1. The molecule has 1 unspecified atom stereocenters. The van der Waals surface area contributed by atoms with Crippen LogP contribution in [0.4, 0.5) is 4.39 Å². The number of rotatable bonds is 2.